The molecule has 0 aliphatic rings. The summed E-state index contributed by atoms with van der Waals surface area (Å²) < 4.78 is 5.31. The summed E-state index contributed by atoms with van der Waals surface area (Å²) in [5, 5.41) is 3.19. The average Bonchev–Trinajstić information content (AvgIpc) is 2.52. The molecule has 0 saturated carbocycles. The molecule has 5 nitrogen and oxygen atoms in total. The van der Waals surface area contributed by atoms with Crippen molar-refractivity contribution in [2.75, 3.05) is 26.2 Å². The number of amides is 2. The number of carbonyl (C=O) groups is 2. The van der Waals surface area contributed by atoms with Gasteiger partial charge in [-0.3, -0.25) is 9.59 Å². The maximum Gasteiger partial charge on any atom is 0.258 e. The minimum absolute atomic E-state index is 0.00279. The summed E-state index contributed by atoms with van der Waals surface area (Å²) in [6.07, 6.45) is 1.80. The molecule has 22 heavy (non-hydrogen) atoms. The van der Waals surface area contributed by atoms with E-state index in [4.69, 9.17) is 16.3 Å². The monoisotopic (exact) mass is 326 g/mol. The first kappa shape index (κ1) is 18.3. The molecule has 0 spiro atoms. The van der Waals surface area contributed by atoms with E-state index in [2.05, 4.69) is 5.32 Å². The third-order valence-electron chi connectivity index (χ3n) is 2.96. The predicted molar refractivity (Wildman–Crippen MR) is 87.1 cm³/mol. The van der Waals surface area contributed by atoms with Crippen LogP contribution in [0.4, 0.5) is 0 Å². The third kappa shape index (κ3) is 6.80. The number of hydrogen-bond acceptors (Lipinski definition) is 3. The van der Waals surface area contributed by atoms with Crippen LogP contribution in [-0.2, 0) is 9.59 Å². The molecule has 0 radical (unpaired) electrons. The summed E-state index contributed by atoms with van der Waals surface area (Å²) in [4.78, 5) is 25.5. The van der Waals surface area contributed by atoms with Crippen LogP contribution >= 0.6 is 11.6 Å². The molecule has 1 aromatic rings. The molecule has 1 aromatic carbocycles. The Morgan fingerprint density at radius 2 is 1.73 bits per heavy atom. The number of ether oxygens (including phenoxy) is 1. The molecule has 0 saturated heterocycles. The van der Waals surface area contributed by atoms with Crippen molar-refractivity contribution in [3.63, 3.8) is 0 Å². The van der Waals surface area contributed by atoms with Crippen LogP contribution < -0.4 is 10.1 Å². The highest BCUT2D eigenvalue weighted by Gasteiger charge is 2.13. The Balaban J connectivity index is 2.32. The first-order valence-corrected chi connectivity index (χ1v) is 7.87. The van der Waals surface area contributed by atoms with E-state index in [1.807, 2.05) is 13.8 Å². The Kier molecular flexibility index (Phi) is 8.36. The molecule has 1 rings (SSSR count). The SMILES string of the molecule is CCCN(CCC)C(=O)CNC(=O)COc1ccc(Cl)cc1. The molecule has 1 N–H and O–H groups in total. The highest BCUT2D eigenvalue weighted by molar-refractivity contribution is 6.30. The summed E-state index contributed by atoms with van der Waals surface area (Å²) in [5.74, 6) is 0.171. The topological polar surface area (TPSA) is 58.6 Å². The zero-order valence-electron chi connectivity index (χ0n) is 13.1. The maximum atomic E-state index is 12.0. The Hall–Kier alpha value is -1.75. The molecule has 0 atom stereocenters. The minimum atomic E-state index is -0.323. The fourth-order valence-corrected chi connectivity index (χ4v) is 2.04. The van der Waals surface area contributed by atoms with Crippen LogP contribution in [0.3, 0.4) is 0 Å². The van der Waals surface area contributed by atoms with Crippen molar-refractivity contribution in [2.24, 2.45) is 0 Å². The molecule has 122 valence electrons. The van der Waals surface area contributed by atoms with Gasteiger partial charge in [0, 0.05) is 18.1 Å². The quantitative estimate of drug-likeness (QED) is 0.758. The van der Waals surface area contributed by atoms with Gasteiger partial charge >= 0.3 is 0 Å². The number of nitrogens with one attached hydrogen (secondary N) is 1. The van der Waals surface area contributed by atoms with Crippen molar-refractivity contribution in [3.8, 4) is 5.75 Å². The lowest BCUT2D eigenvalue weighted by Gasteiger charge is -2.21. The average molecular weight is 327 g/mol. The Bertz CT molecular complexity index is 471. The van der Waals surface area contributed by atoms with Crippen molar-refractivity contribution in [1.29, 1.82) is 0 Å². The van der Waals surface area contributed by atoms with E-state index in [1.54, 1.807) is 29.2 Å². The molecule has 0 bridgehead atoms. The zero-order chi connectivity index (χ0) is 16.4. The maximum absolute atomic E-state index is 12.0. The first-order chi connectivity index (χ1) is 10.6. The second-order valence-electron chi connectivity index (χ2n) is 4.90. The second-order valence-corrected chi connectivity index (χ2v) is 5.34. The molecule has 2 amide bonds. The molecule has 6 heteroatoms. The summed E-state index contributed by atoms with van der Waals surface area (Å²) in [7, 11) is 0. The summed E-state index contributed by atoms with van der Waals surface area (Å²) in [6, 6.07) is 6.74. The smallest absolute Gasteiger partial charge is 0.258 e. The number of halogens is 1. The van der Waals surface area contributed by atoms with Gasteiger partial charge < -0.3 is 15.0 Å². The largest absolute Gasteiger partial charge is 0.484 e. The van der Waals surface area contributed by atoms with Crippen LogP contribution in [0.15, 0.2) is 24.3 Å². The highest BCUT2D eigenvalue weighted by Crippen LogP contribution is 2.15. The van der Waals surface area contributed by atoms with E-state index in [9.17, 15) is 9.59 Å². The second kappa shape index (κ2) is 10.1. The number of carbonyl (C=O) groups excluding carboxylic acids is 2. The lowest BCUT2D eigenvalue weighted by molar-refractivity contribution is -0.133. The standard InChI is InChI=1S/C16H23ClN2O3/c1-3-9-19(10-4-2)16(21)11-18-15(20)12-22-14-7-5-13(17)6-8-14/h5-8H,3-4,9-12H2,1-2H3,(H,18,20). The van der Waals surface area contributed by atoms with E-state index >= 15 is 0 Å². The van der Waals surface area contributed by atoms with Gasteiger partial charge in [-0.15, -0.1) is 0 Å². The van der Waals surface area contributed by atoms with Gasteiger partial charge in [0.05, 0.1) is 6.54 Å². The fraction of sp³-hybridized carbons (Fsp3) is 0.500. The normalized spacial score (nSPS) is 10.1. The molecule has 0 fully saturated rings. The summed E-state index contributed by atoms with van der Waals surface area (Å²) in [5.41, 5.74) is 0. The van der Waals surface area contributed by atoms with Crippen molar-refractivity contribution in [1.82, 2.24) is 10.2 Å². The zero-order valence-corrected chi connectivity index (χ0v) is 13.9. The van der Waals surface area contributed by atoms with Gasteiger partial charge in [0.25, 0.3) is 5.91 Å². The number of benzene rings is 1. The molecule has 0 aliphatic carbocycles. The van der Waals surface area contributed by atoms with Crippen molar-refractivity contribution < 1.29 is 14.3 Å². The number of nitrogens with zero attached hydrogens (tertiary/aromatic N) is 1. The highest BCUT2D eigenvalue weighted by atomic mass is 35.5. The lowest BCUT2D eigenvalue weighted by atomic mass is 10.3. The lowest BCUT2D eigenvalue weighted by Crippen LogP contribution is -2.42. The molecule has 0 aliphatic heterocycles. The van der Waals surface area contributed by atoms with Gasteiger partial charge in [0.15, 0.2) is 6.61 Å². The van der Waals surface area contributed by atoms with E-state index in [0.717, 1.165) is 12.8 Å². The predicted octanol–water partition coefficient (Wildman–Crippen LogP) is 2.48. The van der Waals surface area contributed by atoms with Crippen LogP contribution in [0.25, 0.3) is 0 Å². The van der Waals surface area contributed by atoms with E-state index in [-0.39, 0.29) is 25.0 Å². The molecule has 0 aromatic heterocycles. The van der Waals surface area contributed by atoms with Crippen molar-refractivity contribution in [2.45, 2.75) is 26.7 Å². The van der Waals surface area contributed by atoms with Gasteiger partial charge in [-0.25, -0.2) is 0 Å². The first-order valence-electron chi connectivity index (χ1n) is 7.49. The molecule has 0 unspecified atom stereocenters. The Morgan fingerprint density at radius 1 is 1.14 bits per heavy atom. The third-order valence-corrected chi connectivity index (χ3v) is 3.21. The van der Waals surface area contributed by atoms with Crippen molar-refractivity contribution >= 4 is 23.4 Å². The molecule has 0 heterocycles. The van der Waals surface area contributed by atoms with Crippen molar-refractivity contribution in [3.05, 3.63) is 29.3 Å². The van der Waals surface area contributed by atoms with Crippen LogP contribution in [0.5, 0.6) is 5.75 Å². The Labute approximate surface area is 136 Å². The Morgan fingerprint density at radius 3 is 2.27 bits per heavy atom. The van der Waals surface area contributed by atoms with Gasteiger partial charge in [0.1, 0.15) is 5.75 Å². The van der Waals surface area contributed by atoms with Crippen LogP contribution in [-0.4, -0.2) is 43.0 Å². The van der Waals surface area contributed by atoms with Gasteiger partial charge in [-0.2, -0.15) is 0 Å². The van der Waals surface area contributed by atoms with E-state index < -0.39 is 0 Å². The number of hydrogen-bond donors (Lipinski definition) is 1. The molecular weight excluding hydrogens is 304 g/mol. The van der Waals surface area contributed by atoms with Crippen LogP contribution in [0, 0.1) is 0 Å². The van der Waals surface area contributed by atoms with E-state index in [1.165, 1.54) is 0 Å². The van der Waals surface area contributed by atoms with Gasteiger partial charge in [0.2, 0.25) is 5.91 Å². The van der Waals surface area contributed by atoms with Gasteiger partial charge in [-0.1, -0.05) is 25.4 Å². The fourth-order valence-electron chi connectivity index (χ4n) is 1.92. The van der Waals surface area contributed by atoms with Crippen LogP contribution in [0.1, 0.15) is 26.7 Å². The summed E-state index contributed by atoms with van der Waals surface area (Å²) in [6.45, 7) is 5.34. The minimum Gasteiger partial charge on any atom is -0.484 e. The van der Waals surface area contributed by atoms with E-state index in [0.29, 0.717) is 23.9 Å². The van der Waals surface area contributed by atoms with Gasteiger partial charge in [-0.05, 0) is 37.1 Å². The van der Waals surface area contributed by atoms with Crippen LogP contribution in [0.2, 0.25) is 5.02 Å². The number of rotatable bonds is 9. The molecular formula is C16H23ClN2O3. The summed E-state index contributed by atoms with van der Waals surface area (Å²) >= 11 is 5.76.